The average Bonchev–Trinajstić information content (AvgIpc) is 2.79. The smallest absolute Gasteiger partial charge is 0.0465 e. The molecule has 5 heteroatoms. The van der Waals surface area contributed by atoms with Crippen LogP contribution >= 0.6 is 23.2 Å². The fourth-order valence-electron chi connectivity index (χ4n) is 2.58. The number of hydrogen-bond acceptors (Lipinski definition) is 2. The molecule has 1 atom stereocenters. The van der Waals surface area contributed by atoms with E-state index in [0.29, 0.717) is 11.1 Å². The number of hydrogen-bond donors (Lipinski definition) is 1. The third-order valence-corrected chi connectivity index (χ3v) is 4.20. The first-order chi connectivity index (χ1) is 8.70. The molecule has 0 radical (unpaired) electrons. The van der Waals surface area contributed by atoms with Crippen LogP contribution in [0.2, 0.25) is 10.0 Å². The summed E-state index contributed by atoms with van der Waals surface area (Å²) in [5, 5.41) is 4.93. The highest BCUT2D eigenvalue weighted by atomic mass is 35.5. The van der Waals surface area contributed by atoms with Crippen molar-refractivity contribution in [1.29, 1.82) is 0 Å². The van der Waals surface area contributed by atoms with Crippen molar-refractivity contribution in [3.8, 4) is 0 Å². The van der Waals surface area contributed by atoms with Crippen molar-refractivity contribution >= 4 is 23.2 Å². The number of halogens is 3. The lowest BCUT2D eigenvalue weighted by Gasteiger charge is -2.23. The first kappa shape index (κ1) is 17.1. The van der Waals surface area contributed by atoms with Crippen LogP contribution in [0.3, 0.4) is 0 Å². The number of nitrogens with zero attached hydrogens (tertiary/aromatic N) is 1. The predicted molar refractivity (Wildman–Crippen MR) is 78.4 cm³/mol. The molecule has 2 nitrogen and oxygen atoms in total. The molecule has 1 N–H and O–H groups in total. The molecule has 1 unspecified atom stereocenters. The quantitative estimate of drug-likeness (QED) is 0.853. The number of rotatable bonds is 5. The van der Waals surface area contributed by atoms with Gasteiger partial charge in [-0.2, -0.15) is 0 Å². The van der Waals surface area contributed by atoms with E-state index < -0.39 is 0 Å². The Bertz CT molecular complexity index is 398. The molecular weight excluding hydrogens is 303 g/mol. The minimum Gasteiger partial charge on any atom is -1.00 e. The van der Waals surface area contributed by atoms with E-state index in [-0.39, 0.29) is 12.4 Å². The molecule has 2 rings (SSSR count). The number of benzene rings is 1. The molecule has 1 aliphatic heterocycles. The molecule has 1 heterocycles. The van der Waals surface area contributed by atoms with Crippen LogP contribution in [0, 0.1) is 0 Å². The first-order valence-electron chi connectivity index (χ1n) is 6.59. The van der Waals surface area contributed by atoms with Gasteiger partial charge in [-0.15, -0.1) is 0 Å². The molecule has 19 heavy (non-hydrogen) atoms. The molecular formula is C14H20Cl3N2-. The molecule has 1 aromatic carbocycles. The lowest BCUT2D eigenvalue weighted by Crippen LogP contribution is -3.00. The van der Waals surface area contributed by atoms with Crippen molar-refractivity contribution in [3.63, 3.8) is 0 Å². The Kier molecular flexibility index (Phi) is 7.48. The van der Waals surface area contributed by atoms with Gasteiger partial charge in [0.15, 0.2) is 0 Å². The second kappa shape index (κ2) is 8.33. The third kappa shape index (κ3) is 4.80. The number of likely N-dealkylation sites (tertiary alicyclic amines) is 1. The summed E-state index contributed by atoms with van der Waals surface area (Å²) in [5.41, 5.74) is 1.11. The number of nitrogens with one attached hydrogen (secondary N) is 1. The second-order valence-corrected chi connectivity index (χ2v) is 5.63. The molecule has 0 amide bonds. The van der Waals surface area contributed by atoms with E-state index in [2.05, 4.69) is 17.1 Å². The van der Waals surface area contributed by atoms with Crippen molar-refractivity contribution in [2.75, 3.05) is 19.6 Å². The highest BCUT2D eigenvalue weighted by Gasteiger charge is 2.22. The Morgan fingerprint density at radius 1 is 1.37 bits per heavy atom. The average molecular weight is 323 g/mol. The van der Waals surface area contributed by atoms with E-state index in [0.717, 1.165) is 30.2 Å². The fraction of sp³-hybridized carbons (Fsp3) is 0.571. The van der Waals surface area contributed by atoms with Gasteiger partial charge in [-0.05, 0) is 43.6 Å². The van der Waals surface area contributed by atoms with Gasteiger partial charge < -0.3 is 17.7 Å². The van der Waals surface area contributed by atoms with E-state index >= 15 is 0 Å². The molecule has 1 saturated heterocycles. The largest absolute Gasteiger partial charge is 1.00 e. The highest BCUT2D eigenvalue weighted by Crippen LogP contribution is 2.21. The zero-order valence-electron chi connectivity index (χ0n) is 11.1. The van der Waals surface area contributed by atoms with Crippen LogP contribution < -0.4 is 17.7 Å². The monoisotopic (exact) mass is 321 g/mol. The second-order valence-electron chi connectivity index (χ2n) is 4.79. The molecule has 0 spiro atoms. The molecule has 0 saturated carbocycles. The van der Waals surface area contributed by atoms with Crippen LogP contribution in [0.4, 0.5) is 0 Å². The van der Waals surface area contributed by atoms with Crippen molar-refractivity contribution < 1.29 is 12.4 Å². The SMILES string of the molecule is CCN1CCCC1CNCc1ccc(Cl)cc1Cl.[Cl-]. The van der Waals surface area contributed by atoms with Crippen LogP contribution in [-0.4, -0.2) is 30.6 Å². The van der Waals surface area contributed by atoms with Gasteiger partial charge >= 0.3 is 0 Å². The Morgan fingerprint density at radius 3 is 2.84 bits per heavy atom. The van der Waals surface area contributed by atoms with Crippen molar-refractivity contribution in [2.24, 2.45) is 0 Å². The normalized spacial score (nSPS) is 19.4. The maximum atomic E-state index is 6.15. The summed E-state index contributed by atoms with van der Waals surface area (Å²) in [7, 11) is 0. The molecule has 1 aromatic rings. The van der Waals surface area contributed by atoms with E-state index in [1.54, 1.807) is 6.07 Å². The van der Waals surface area contributed by atoms with Crippen molar-refractivity contribution in [1.82, 2.24) is 10.2 Å². The molecule has 0 aliphatic carbocycles. The molecule has 1 aliphatic rings. The summed E-state index contributed by atoms with van der Waals surface area (Å²) in [6, 6.07) is 6.36. The first-order valence-corrected chi connectivity index (χ1v) is 7.35. The Labute approximate surface area is 131 Å². The summed E-state index contributed by atoms with van der Waals surface area (Å²) >= 11 is 12.0. The van der Waals surface area contributed by atoms with Gasteiger partial charge in [-0.25, -0.2) is 0 Å². The van der Waals surface area contributed by atoms with Gasteiger partial charge in [0.1, 0.15) is 0 Å². The van der Waals surface area contributed by atoms with Gasteiger partial charge in [0.2, 0.25) is 0 Å². The molecule has 0 aromatic heterocycles. The number of likely N-dealkylation sites (N-methyl/N-ethyl adjacent to an activating group) is 1. The van der Waals surface area contributed by atoms with E-state index in [9.17, 15) is 0 Å². The zero-order valence-corrected chi connectivity index (χ0v) is 13.4. The highest BCUT2D eigenvalue weighted by molar-refractivity contribution is 6.35. The summed E-state index contributed by atoms with van der Waals surface area (Å²) in [6.07, 6.45) is 2.62. The molecule has 108 valence electrons. The summed E-state index contributed by atoms with van der Waals surface area (Å²) < 4.78 is 0. The maximum Gasteiger partial charge on any atom is 0.0465 e. The van der Waals surface area contributed by atoms with Crippen molar-refractivity contribution in [2.45, 2.75) is 32.4 Å². The van der Waals surface area contributed by atoms with Crippen LogP contribution in [0.15, 0.2) is 18.2 Å². The van der Waals surface area contributed by atoms with Gasteiger partial charge in [0, 0.05) is 29.2 Å². The van der Waals surface area contributed by atoms with Gasteiger partial charge in [0.05, 0.1) is 0 Å². The summed E-state index contributed by atoms with van der Waals surface area (Å²) in [6.45, 7) is 6.46. The van der Waals surface area contributed by atoms with Crippen LogP contribution in [-0.2, 0) is 6.54 Å². The topological polar surface area (TPSA) is 15.3 Å². The van der Waals surface area contributed by atoms with Crippen molar-refractivity contribution in [3.05, 3.63) is 33.8 Å². The maximum absolute atomic E-state index is 6.15. The standard InChI is InChI=1S/C14H20Cl2N2.ClH/c1-2-18-7-3-4-13(18)10-17-9-11-5-6-12(15)8-14(11)16;/h5-6,8,13,17H,2-4,7,9-10H2,1H3;1H/p-1. The van der Waals surface area contributed by atoms with Gasteiger partial charge in [-0.3, -0.25) is 4.90 Å². The summed E-state index contributed by atoms with van der Waals surface area (Å²) in [4.78, 5) is 2.54. The Morgan fingerprint density at radius 2 is 2.16 bits per heavy atom. The van der Waals surface area contributed by atoms with E-state index in [1.807, 2.05) is 12.1 Å². The zero-order chi connectivity index (χ0) is 13.0. The lowest BCUT2D eigenvalue weighted by atomic mass is 10.2. The van der Waals surface area contributed by atoms with Gasteiger partial charge in [-0.1, -0.05) is 36.2 Å². The van der Waals surface area contributed by atoms with E-state index in [4.69, 9.17) is 23.2 Å². The lowest BCUT2D eigenvalue weighted by molar-refractivity contribution is -0.00000366. The fourth-order valence-corrected chi connectivity index (χ4v) is 3.06. The Hall–Kier alpha value is 0.01000. The Balaban J connectivity index is 0.00000180. The predicted octanol–water partition coefficient (Wildman–Crippen LogP) is 0.571. The molecule has 1 fully saturated rings. The minimum absolute atomic E-state index is 0. The third-order valence-electron chi connectivity index (χ3n) is 3.62. The summed E-state index contributed by atoms with van der Waals surface area (Å²) in [5.74, 6) is 0. The molecule has 0 bridgehead atoms. The van der Waals surface area contributed by atoms with Crippen LogP contribution in [0.5, 0.6) is 0 Å². The van der Waals surface area contributed by atoms with Crippen LogP contribution in [0.25, 0.3) is 0 Å². The van der Waals surface area contributed by atoms with Crippen LogP contribution in [0.1, 0.15) is 25.3 Å². The van der Waals surface area contributed by atoms with Gasteiger partial charge in [0.25, 0.3) is 0 Å². The minimum atomic E-state index is 0. The van der Waals surface area contributed by atoms with E-state index in [1.165, 1.54) is 19.4 Å².